The quantitative estimate of drug-likeness (QED) is 0.687. The zero-order valence-corrected chi connectivity index (χ0v) is 8.98. The highest BCUT2D eigenvalue weighted by Crippen LogP contribution is 2.26. The summed E-state index contributed by atoms with van der Waals surface area (Å²) in [6, 6.07) is 0. The van der Waals surface area contributed by atoms with Crippen molar-refractivity contribution in [2.24, 2.45) is 11.8 Å². The Morgan fingerprint density at radius 3 is 2.80 bits per heavy atom. The summed E-state index contributed by atoms with van der Waals surface area (Å²) in [4.78, 5) is 11.7. The van der Waals surface area contributed by atoms with Crippen LogP contribution in [0.4, 0.5) is 0 Å². The van der Waals surface area contributed by atoms with E-state index in [1.807, 2.05) is 0 Å². The number of carbonyl (C=O) groups excluding carboxylic acids is 1. The van der Waals surface area contributed by atoms with Crippen molar-refractivity contribution in [3.8, 4) is 0 Å². The summed E-state index contributed by atoms with van der Waals surface area (Å²) in [7, 11) is 0. The maximum Gasteiger partial charge on any atom is 0.223 e. The number of hydrogen-bond acceptors (Lipinski definition) is 2. The molecule has 3 heteroatoms. The van der Waals surface area contributed by atoms with Crippen molar-refractivity contribution in [3.05, 3.63) is 12.2 Å². The van der Waals surface area contributed by atoms with Crippen molar-refractivity contribution in [3.63, 3.8) is 0 Å². The molecule has 1 amide bonds. The van der Waals surface area contributed by atoms with Gasteiger partial charge in [0, 0.05) is 12.5 Å². The topological polar surface area (TPSA) is 49.3 Å². The van der Waals surface area contributed by atoms with Gasteiger partial charge in [-0.15, -0.1) is 0 Å². The van der Waals surface area contributed by atoms with Crippen LogP contribution < -0.4 is 5.32 Å². The lowest BCUT2D eigenvalue weighted by molar-refractivity contribution is -0.125. The van der Waals surface area contributed by atoms with Crippen molar-refractivity contribution >= 4 is 5.91 Å². The van der Waals surface area contributed by atoms with Gasteiger partial charge >= 0.3 is 0 Å². The number of amides is 1. The van der Waals surface area contributed by atoms with E-state index >= 15 is 0 Å². The zero-order valence-electron chi connectivity index (χ0n) is 8.98. The van der Waals surface area contributed by atoms with Crippen LogP contribution in [0.1, 0.15) is 32.1 Å². The minimum Gasteiger partial charge on any atom is -0.393 e. The van der Waals surface area contributed by atoms with E-state index in [4.69, 9.17) is 5.11 Å². The van der Waals surface area contributed by atoms with Crippen LogP contribution in [0.5, 0.6) is 0 Å². The second-order valence-corrected chi connectivity index (χ2v) is 4.72. The third kappa shape index (κ3) is 2.81. The van der Waals surface area contributed by atoms with Gasteiger partial charge in [-0.1, -0.05) is 12.2 Å². The molecule has 0 radical (unpaired) electrons. The number of hydrogen-bond donors (Lipinski definition) is 2. The molecule has 15 heavy (non-hydrogen) atoms. The molecule has 1 atom stereocenters. The van der Waals surface area contributed by atoms with Gasteiger partial charge in [-0.2, -0.15) is 0 Å². The van der Waals surface area contributed by atoms with Crippen molar-refractivity contribution in [2.45, 2.75) is 38.2 Å². The number of carbonyl (C=O) groups is 1. The molecule has 1 saturated carbocycles. The summed E-state index contributed by atoms with van der Waals surface area (Å²) in [6.45, 7) is 0.746. The Balaban J connectivity index is 1.66. The fraction of sp³-hybridized carbons (Fsp3) is 0.750. The van der Waals surface area contributed by atoms with Crippen LogP contribution in [0.2, 0.25) is 0 Å². The largest absolute Gasteiger partial charge is 0.393 e. The lowest BCUT2D eigenvalue weighted by atomic mass is 9.82. The molecule has 2 N–H and O–H groups in total. The Kier molecular flexibility index (Phi) is 3.41. The van der Waals surface area contributed by atoms with Gasteiger partial charge in [0.1, 0.15) is 0 Å². The lowest BCUT2D eigenvalue weighted by Gasteiger charge is -2.31. The zero-order chi connectivity index (χ0) is 10.7. The third-order valence-electron chi connectivity index (χ3n) is 3.42. The standard InChI is InChI=1S/C12H19NO2/c14-11-6-9(7-11)8-13-12(15)10-4-2-1-3-5-10/h1-2,9-11,14H,3-8H2,(H,13,15). The number of aliphatic hydroxyl groups excluding tert-OH is 1. The summed E-state index contributed by atoms with van der Waals surface area (Å²) < 4.78 is 0. The van der Waals surface area contributed by atoms with Crippen LogP contribution in [0.3, 0.4) is 0 Å². The van der Waals surface area contributed by atoms with E-state index < -0.39 is 0 Å². The van der Waals surface area contributed by atoms with E-state index in [0.29, 0.717) is 5.92 Å². The van der Waals surface area contributed by atoms with Crippen LogP contribution in [0.15, 0.2) is 12.2 Å². The number of rotatable bonds is 3. The molecule has 84 valence electrons. The Bertz CT molecular complexity index is 256. The Morgan fingerprint density at radius 2 is 2.20 bits per heavy atom. The molecule has 0 aromatic carbocycles. The van der Waals surface area contributed by atoms with Crippen molar-refractivity contribution in [2.75, 3.05) is 6.54 Å². The third-order valence-corrected chi connectivity index (χ3v) is 3.42. The minimum atomic E-state index is -0.121. The highest BCUT2D eigenvalue weighted by Gasteiger charge is 2.28. The van der Waals surface area contributed by atoms with Gasteiger partial charge in [0.15, 0.2) is 0 Å². The van der Waals surface area contributed by atoms with Gasteiger partial charge in [0.25, 0.3) is 0 Å². The van der Waals surface area contributed by atoms with Crippen LogP contribution in [0, 0.1) is 11.8 Å². The second-order valence-electron chi connectivity index (χ2n) is 4.72. The predicted octanol–water partition coefficient (Wildman–Crippen LogP) is 1.23. The van der Waals surface area contributed by atoms with Crippen molar-refractivity contribution < 1.29 is 9.90 Å². The fourth-order valence-corrected chi connectivity index (χ4v) is 2.29. The molecule has 0 aromatic rings. The van der Waals surface area contributed by atoms with E-state index in [-0.39, 0.29) is 17.9 Å². The fourth-order valence-electron chi connectivity index (χ4n) is 2.29. The first-order valence-corrected chi connectivity index (χ1v) is 5.86. The molecular formula is C12H19NO2. The first-order valence-electron chi connectivity index (χ1n) is 5.86. The van der Waals surface area contributed by atoms with Crippen LogP contribution >= 0.6 is 0 Å². The highest BCUT2D eigenvalue weighted by molar-refractivity contribution is 5.78. The maximum atomic E-state index is 11.7. The molecule has 2 aliphatic rings. The molecule has 0 spiro atoms. The average Bonchev–Trinajstić information content (AvgIpc) is 2.23. The molecule has 2 rings (SSSR count). The molecular weight excluding hydrogens is 190 g/mol. The second kappa shape index (κ2) is 4.79. The number of allylic oxidation sites excluding steroid dienone is 2. The van der Waals surface area contributed by atoms with Crippen LogP contribution in [0.25, 0.3) is 0 Å². The Hall–Kier alpha value is -0.830. The summed E-state index contributed by atoms with van der Waals surface area (Å²) in [6.07, 6.45) is 8.72. The first kappa shape index (κ1) is 10.7. The van der Waals surface area contributed by atoms with Gasteiger partial charge in [-0.3, -0.25) is 4.79 Å². The molecule has 2 aliphatic carbocycles. The maximum absolute atomic E-state index is 11.7. The van der Waals surface area contributed by atoms with Gasteiger partial charge in [-0.05, 0) is 38.0 Å². The molecule has 0 saturated heterocycles. The number of nitrogens with one attached hydrogen (secondary N) is 1. The smallest absolute Gasteiger partial charge is 0.223 e. The van der Waals surface area contributed by atoms with Gasteiger partial charge < -0.3 is 10.4 Å². The molecule has 0 aliphatic heterocycles. The van der Waals surface area contributed by atoms with E-state index in [1.54, 1.807) is 0 Å². The summed E-state index contributed by atoms with van der Waals surface area (Å²) in [5.41, 5.74) is 0. The monoisotopic (exact) mass is 209 g/mol. The Morgan fingerprint density at radius 1 is 1.40 bits per heavy atom. The molecule has 1 fully saturated rings. The van der Waals surface area contributed by atoms with E-state index in [9.17, 15) is 4.79 Å². The predicted molar refractivity (Wildman–Crippen MR) is 58.2 cm³/mol. The first-order chi connectivity index (χ1) is 7.25. The van der Waals surface area contributed by atoms with E-state index in [1.165, 1.54) is 0 Å². The normalized spacial score (nSPS) is 34.6. The molecule has 0 aromatic heterocycles. The lowest BCUT2D eigenvalue weighted by Crippen LogP contribution is -2.40. The number of aliphatic hydroxyl groups is 1. The SMILES string of the molecule is O=C(NCC1CC(O)C1)C1CC=CCC1. The van der Waals surface area contributed by atoms with Crippen molar-refractivity contribution in [1.29, 1.82) is 0 Å². The average molecular weight is 209 g/mol. The summed E-state index contributed by atoms with van der Waals surface area (Å²) >= 11 is 0. The minimum absolute atomic E-state index is 0.121. The molecule has 1 unspecified atom stereocenters. The van der Waals surface area contributed by atoms with Gasteiger partial charge in [-0.25, -0.2) is 0 Å². The molecule has 0 bridgehead atoms. The van der Waals surface area contributed by atoms with Crippen LogP contribution in [-0.2, 0) is 4.79 Å². The van der Waals surface area contributed by atoms with Crippen LogP contribution in [-0.4, -0.2) is 23.7 Å². The summed E-state index contributed by atoms with van der Waals surface area (Å²) in [5.74, 6) is 0.879. The van der Waals surface area contributed by atoms with Gasteiger partial charge in [0.2, 0.25) is 5.91 Å². The molecule has 3 nitrogen and oxygen atoms in total. The van der Waals surface area contributed by atoms with E-state index in [2.05, 4.69) is 17.5 Å². The van der Waals surface area contributed by atoms with Gasteiger partial charge in [0.05, 0.1) is 6.10 Å². The highest BCUT2D eigenvalue weighted by atomic mass is 16.3. The van der Waals surface area contributed by atoms with E-state index in [0.717, 1.165) is 38.6 Å². The Labute approximate surface area is 90.6 Å². The molecule has 0 heterocycles. The van der Waals surface area contributed by atoms with Crippen molar-refractivity contribution in [1.82, 2.24) is 5.32 Å². The summed E-state index contributed by atoms with van der Waals surface area (Å²) in [5, 5.41) is 12.1.